The Kier molecular flexibility index (Phi) is 5.66. The number of aromatic amines is 1. The lowest BCUT2D eigenvalue weighted by Crippen LogP contribution is -2.18. The number of thiophene rings is 1. The third-order valence-corrected chi connectivity index (χ3v) is 7.75. The molecule has 0 saturated heterocycles. The summed E-state index contributed by atoms with van der Waals surface area (Å²) in [7, 11) is 0. The summed E-state index contributed by atoms with van der Waals surface area (Å²) in [6.45, 7) is 4.90. The van der Waals surface area contributed by atoms with Gasteiger partial charge in [-0.05, 0) is 72.3 Å². The molecule has 1 aromatic carbocycles. The fourth-order valence-electron chi connectivity index (χ4n) is 3.27. The molecule has 142 valence electrons. The molecule has 1 fully saturated rings. The van der Waals surface area contributed by atoms with Crippen LogP contribution in [-0.4, -0.2) is 18.1 Å². The molecule has 1 aliphatic carbocycles. The molecule has 0 unspecified atom stereocenters. The number of fused-ring (bicyclic) bond motifs is 1. The van der Waals surface area contributed by atoms with Crippen molar-refractivity contribution in [2.45, 2.75) is 38.6 Å². The van der Waals surface area contributed by atoms with Crippen LogP contribution in [0.2, 0.25) is 0 Å². The summed E-state index contributed by atoms with van der Waals surface area (Å²) in [6.07, 6.45) is 3.68. The van der Waals surface area contributed by atoms with Gasteiger partial charge in [-0.2, -0.15) is 0 Å². The number of rotatable bonds is 8. The molecule has 1 aliphatic rings. The Labute approximate surface area is 171 Å². The number of para-hydroxylation sites is 1. The van der Waals surface area contributed by atoms with Crippen LogP contribution in [0.4, 0.5) is 5.82 Å². The molecule has 4 nitrogen and oxygen atoms in total. The molecule has 0 bridgehead atoms. The second kappa shape index (κ2) is 8.17. The van der Waals surface area contributed by atoms with E-state index in [0.717, 1.165) is 48.7 Å². The molecule has 4 rings (SSSR count). The third-order valence-electron chi connectivity index (χ3n) is 5.01. The van der Waals surface area contributed by atoms with Crippen molar-refractivity contribution in [3.63, 3.8) is 0 Å². The van der Waals surface area contributed by atoms with Crippen LogP contribution >= 0.6 is 27.3 Å². The normalized spacial score (nSPS) is 14.0. The monoisotopic (exact) mass is 445 g/mol. The van der Waals surface area contributed by atoms with Crippen molar-refractivity contribution in [3.8, 4) is 0 Å². The molecular weight excluding hydrogens is 422 g/mol. The number of anilines is 1. The Morgan fingerprint density at radius 1 is 1.26 bits per heavy atom. The molecule has 0 amide bonds. The first-order valence-electron chi connectivity index (χ1n) is 9.48. The highest BCUT2D eigenvalue weighted by Gasteiger charge is 2.29. The highest BCUT2D eigenvalue weighted by Crippen LogP contribution is 2.48. The van der Waals surface area contributed by atoms with E-state index in [4.69, 9.17) is 0 Å². The molecule has 3 N–H and O–H groups in total. The topological polar surface area (TPSA) is 56.9 Å². The maximum absolute atomic E-state index is 12.1. The molecule has 1 saturated carbocycles. The lowest BCUT2D eigenvalue weighted by Gasteiger charge is -2.08. The molecule has 27 heavy (non-hydrogen) atoms. The molecule has 0 aliphatic heterocycles. The van der Waals surface area contributed by atoms with Crippen LogP contribution in [-0.2, 0) is 6.54 Å². The minimum atomic E-state index is 0.0511. The lowest BCUT2D eigenvalue weighted by molar-refractivity contribution is 0.666. The molecule has 2 heterocycles. The number of benzene rings is 1. The third kappa shape index (κ3) is 4.28. The van der Waals surface area contributed by atoms with E-state index in [1.807, 2.05) is 35.6 Å². The van der Waals surface area contributed by atoms with Crippen LogP contribution in [0, 0.1) is 6.92 Å². The predicted molar refractivity (Wildman–Crippen MR) is 118 cm³/mol. The van der Waals surface area contributed by atoms with Crippen molar-refractivity contribution >= 4 is 44.0 Å². The maximum Gasteiger partial charge on any atom is 0.191 e. The summed E-state index contributed by atoms with van der Waals surface area (Å²) in [6, 6.07) is 9.24. The minimum Gasteiger partial charge on any atom is -0.371 e. The smallest absolute Gasteiger partial charge is 0.191 e. The average Bonchev–Trinajstić information content (AvgIpc) is 3.47. The molecular formula is C21H24BrN3OS. The van der Waals surface area contributed by atoms with Gasteiger partial charge >= 0.3 is 0 Å². The fourth-order valence-corrected chi connectivity index (χ4v) is 5.55. The van der Waals surface area contributed by atoms with Gasteiger partial charge in [0.2, 0.25) is 0 Å². The number of aromatic nitrogens is 1. The minimum absolute atomic E-state index is 0.0511. The Balaban J connectivity index is 1.24. The molecule has 6 heteroatoms. The van der Waals surface area contributed by atoms with E-state index in [9.17, 15) is 4.79 Å². The summed E-state index contributed by atoms with van der Waals surface area (Å²) in [5.41, 5.74) is 2.31. The summed E-state index contributed by atoms with van der Waals surface area (Å²) in [5.74, 6) is 1.58. The SMILES string of the molecule is Cc1c(CNCCCNc2cc(=O)c3ccccc3[nH]2)sc(C2CC2)c1Br. The lowest BCUT2D eigenvalue weighted by atomic mass is 10.2. The Morgan fingerprint density at radius 2 is 2.07 bits per heavy atom. The van der Waals surface area contributed by atoms with Gasteiger partial charge in [0.25, 0.3) is 0 Å². The van der Waals surface area contributed by atoms with Crippen molar-refractivity contribution in [2.75, 3.05) is 18.4 Å². The van der Waals surface area contributed by atoms with E-state index < -0.39 is 0 Å². The summed E-state index contributed by atoms with van der Waals surface area (Å²) in [4.78, 5) is 18.4. The number of halogens is 1. The first-order chi connectivity index (χ1) is 13.1. The van der Waals surface area contributed by atoms with Gasteiger partial charge in [-0.3, -0.25) is 4.79 Å². The van der Waals surface area contributed by atoms with Gasteiger partial charge in [0.05, 0.1) is 5.52 Å². The molecule has 2 aromatic heterocycles. The summed E-state index contributed by atoms with van der Waals surface area (Å²) in [5, 5.41) is 7.60. The number of nitrogens with one attached hydrogen (secondary N) is 3. The highest BCUT2D eigenvalue weighted by atomic mass is 79.9. The van der Waals surface area contributed by atoms with Gasteiger partial charge in [0, 0.05) is 38.8 Å². The van der Waals surface area contributed by atoms with E-state index in [2.05, 4.69) is 38.5 Å². The molecule has 0 atom stereocenters. The summed E-state index contributed by atoms with van der Waals surface area (Å²) < 4.78 is 1.33. The van der Waals surface area contributed by atoms with Crippen LogP contribution in [0.5, 0.6) is 0 Å². The largest absolute Gasteiger partial charge is 0.371 e. The van der Waals surface area contributed by atoms with E-state index in [0.29, 0.717) is 0 Å². The Bertz CT molecular complexity index is 1010. The van der Waals surface area contributed by atoms with E-state index in [-0.39, 0.29) is 5.43 Å². The van der Waals surface area contributed by atoms with Crippen molar-refractivity contribution in [3.05, 3.63) is 60.3 Å². The second-order valence-electron chi connectivity index (χ2n) is 7.15. The Morgan fingerprint density at radius 3 is 2.89 bits per heavy atom. The molecule has 0 spiro atoms. The van der Waals surface area contributed by atoms with Crippen molar-refractivity contribution in [1.82, 2.24) is 10.3 Å². The van der Waals surface area contributed by atoms with Gasteiger partial charge in [-0.25, -0.2) is 0 Å². The van der Waals surface area contributed by atoms with E-state index in [1.54, 1.807) is 6.07 Å². The average molecular weight is 446 g/mol. The quantitative estimate of drug-likeness (QED) is 0.421. The van der Waals surface area contributed by atoms with Crippen molar-refractivity contribution in [2.24, 2.45) is 0 Å². The van der Waals surface area contributed by atoms with Crippen LogP contribution in [0.3, 0.4) is 0 Å². The Hall–Kier alpha value is -1.63. The van der Waals surface area contributed by atoms with Gasteiger partial charge in [-0.15, -0.1) is 11.3 Å². The number of H-pyrrole nitrogens is 1. The highest BCUT2D eigenvalue weighted by molar-refractivity contribution is 9.10. The van der Waals surface area contributed by atoms with Gasteiger partial charge in [0.15, 0.2) is 5.43 Å². The van der Waals surface area contributed by atoms with Crippen LogP contribution in [0.25, 0.3) is 10.9 Å². The standard InChI is InChI=1S/C21H24BrN3OS/c1-13-18(27-21(20(13)22)14-7-8-14)12-23-9-4-10-24-19-11-17(26)15-5-2-3-6-16(15)25-19/h2-3,5-6,11,14,23H,4,7-10,12H2,1H3,(H2,24,25,26). The van der Waals surface area contributed by atoms with Crippen LogP contribution in [0.1, 0.15) is 40.5 Å². The fraction of sp³-hybridized carbons (Fsp3) is 0.381. The maximum atomic E-state index is 12.1. The first-order valence-corrected chi connectivity index (χ1v) is 11.1. The second-order valence-corrected chi connectivity index (χ2v) is 9.08. The first kappa shape index (κ1) is 18.7. The molecule has 3 aromatic rings. The van der Waals surface area contributed by atoms with E-state index >= 15 is 0 Å². The van der Waals surface area contributed by atoms with Crippen molar-refractivity contribution < 1.29 is 0 Å². The van der Waals surface area contributed by atoms with Crippen LogP contribution in [0.15, 0.2) is 39.6 Å². The van der Waals surface area contributed by atoms with Crippen molar-refractivity contribution in [1.29, 1.82) is 0 Å². The van der Waals surface area contributed by atoms with Gasteiger partial charge in [-0.1, -0.05) is 12.1 Å². The summed E-state index contributed by atoms with van der Waals surface area (Å²) >= 11 is 5.72. The van der Waals surface area contributed by atoms with Crippen LogP contribution < -0.4 is 16.1 Å². The zero-order valence-electron chi connectivity index (χ0n) is 15.4. The molecule has 0 radical (unpaired) electrons. The number of pyridine rings is 1. The number of hydrogen-bond acceptors (Lipinski definition) is 4. The number of hydrogen-bond donors (Lipinski definition) is 3. The van der Waals surface area contributed by atoms with Gasteiger partial charge < -0.3 is 15.6 Å². The predicted octanol–water partition coefficient (Wildman–Crippen LogP) is 5.13. The van der Waals surface area contributed by atoms with Gasteiger partial charge in [0.1, 0.15) is 5.82 Å². The zero-order chi connectivity index (χ0) is 18.8. The van der Waals surface area contributed by atoms with E-state index in [1.165, 1.54) is 32.6 Å². The zero-order valence-corrected chi connectivity index (χ0v) is 17.8.